The molecule has 0 bridgehead atoms. The first kappa shape index (κ1) is 10.2. The van der Waals surface area contributed by atoms with E-state index in [1.165, 1.54) is 4.68 Å². The van der Waals surface area contributed by atoms with E-state index in [2.05, 4.69) is 5.10 Å². The van der Waals surface area contributed by atoms with Crippen LogP contribution in [0.2, 0.25) is 0 Å². The van der Waals surface area contributed by atoms with E-state index in [1.54, 1.807) is 13.1 Å². The van der Waals surface area contributed by atoms with Crippen molar-refractivity contribution >= 4 is 0 Å². The summed E-state index contributed by atoms with van der Waals surface area (Å²) in [5, 5.41) is 3.83. The molecule has 1 aliphatic heterocycles. The molecular weight excluding hydrogens is 174 g/mol. The van der Waals surface area contributed by atoms with Crippen LogP contribution in [0, 0.1) is 6.92 Å². The zero-order valence-electron chi connectivity index (χ0n) is 8.14. The summed E-state index contributed by atoms with van der Waals surface area (Å²) in [6, 6.07) is 0. The molecule has 0 spiro atoms. The minimum Gasteiger partial charge on any atom is -0.263 e. The van der Waals surface area contributed by atoms with E-state index in [0.717, 1.165) is 5.56 Å². The summed E-state index contributed by atoms with van der Waals surface area (Å²) >= 11 is 0. The minimum atomic E-state index is -2.58. The van der Waals surface area contributed by atoms with Crippen molar-refractivity contribution < 1.29 is 8.78 Å². The third kappa shape index (κ3) is 1.87. The number of nitrogens with zero attached hydrogens (tertiary/aromatic N) is 2. The summed E-state index contributed by atoms with van der Waals surface area (Å²) in [5.41, 5.74) is 1.54. The van der Waals surface area contributed by atoms with E-state index in [0.29, 0.717) is 5.69 Å². The molecular formula is C9H14F2N2. The standard InChI is InChI=1S/C7H8F2N2.C2H6/c1-5-3-10-11-4-7(8,9)2-6(5)11;1-2/h3H,2,4H2,1H3;1-2H3. The van der Waals surface area contributed by atoms with Crippen LogP contribution in [0.15, 0.2) is 6.20 Å². The molecule has 1 aliphatic rings. The van der Waals surface area contributed by atoms with Crippen molar-refractivity contribution in [2.45, 2.75) is 39.7 Å². The lowest BCUT2D eigenvalue weighted by atomic mass is 10.2. The molecule has 0 amide bonds. The van der Waals surface area contributed by atoms with Gasteiger partial charge in [-0.3, -0.25) is 4.68 Å². The highest BCUT2D eigenvalue weighted by Crippen LogP contribution is 2.30. The summed E-state index contributed by atoms with van der Waals surface area (Å²) in [7, 11) is 0. The maximum atomic E-state index is 12.7. The Morgan fingerprint density at radius 3 is 2.62 bits per heavy atom. The molecule has 2 rings (SSSR count). The Labute approximate surface area is 76.6 Å². The molecule has 1 aromatic rings. The van der Waals surface area contributed by atoms with Crippen LogP contribution in [0.5, 0.6) is 0 Å². The quantitative estimate of drug-likeness (QED) is 0.611. The first-order chi connectivity index (χ1) is 6.08. The van der Waals surface area contributed by atoms with Crippen LogP contribution in [-0.2, 0) is 13.0 Å². The summed E-state index contributed by atoms with van der Waals surface area (Å²) in [6.07, 6.45) is 1.48. The van der Waals surface area contributed by atoms with Gasteiger partial charge in [0.25, 0.3) is 5.92 Å². The fraction of sp³-hybridized carbons (Fsp3) is 0.667. The van der Waals surface area contributed by atoms with E-state index in [1.807, 2.05) is 13.8 Å². The van der Waals surface area contributed by atoms with Gasteiger partial charge in [-0.1, -0.05) is 13.8 Å². The maximum absolute atomic E-state index is 12.7. The van der Waals surface area contributed by atoms with Crippen molar-refractivity contribution in [3.8, 4) is 0 Å². The molecule has 1 aromatic heterocycles. The highest BCUT2D eigenvalue weighted by molar-refractivity contribution is 5.20. The Kier molecular flexibility index (Phi) is 2.68. The smallest absolute Gasteiger partial charge is 0.263 e. The molecule has 0 fully saturated rings. The molecule has 2 heterocycles. The van der Waals surface area contributed by atoms with Crippen molar-refractivity contribution in [1.82, 2.24) is 9.78 Å². The SMILES string of the molecule is CC.Cc1cnn2c1CC(F)(F)C2. The van der Waals surface area contributed by atoms with Crippen molar-refractivity contribution in [2.75, 3.05) is 0 Å². The minimum absolute atomic E-state index is 0.154. The highest BCUT2D eigenvalue weighted by atomic mass is 19.3. The van der Waals surface area contributed by atoms with Gasteiger partial charge in [-0.25, -0.2) is 8.78 Å². The fourth-order valence-corrected chi connectivity index (χ4v) is 1.39. The van der Waals surface area contributed by atoms with Crippen LogP contribution in [-0.4, -0.2) is 15.7 Å². The second-order valence-corrected chi connectivity index (χ2v) is 2.96. The summed E-state index contributed by atoms with van der Waals surface area (Å²) in [5.74, 6) is -2.58. The molecule has 0 N–H and O–H groups in total. The predicted octanol–water partition coefficient (Wildman–Crippen LogP) is 2.41. The topological polar surface area (TPSA) is 17.8 Å². The number of hydrogen-bond acceptors (Lipinski definition) is 1. The predicted molar refractivity (Wildman–Crippen MR) is 47.0 cm³/mol. The molecule has 4 heteroatoms. The molecule has 0 radical (unpaired) electrons. The monoisotopic (exact) mass is 188 g/mol. The summed E-state index contributed by atoms with van der Waals surface area (Å²) < 4.78 is 26.8. The van der Waals surface area contributed by atoms with E-state index in [9.17, 15) is 8.78 Å². The Bertz CT molecular complexity index is 292. The number of halogens is 2. The first-order valence-electron chi connectivity index (χ1n) is 4.48. The van der Waals surface area contributed by atoms with Crippen LogP contribution in [0.25, 0.3) is 0 Å². The lowest BCUT2D eigenvalue weighted by Crippen LogP contribution is -2.17. The second kappa shape index (κ2) is 3.44. The Morgan fingerprint density at radius 1 is 1.46 bits per heavy atom. The number of fused-ring (bicyclic) bond motifs is 1. The van der Waals surface area contributed by atoms with Crippen LogP contribution in [0.3, 0.4) is 0 Å². The summed E-state index contributed by atoms with van der Waals surface area (Å²) in [4.78, 5) is 0. The van der Waals surface area contributed by atoms with Gasteiger partial charge in [0.05, 0.1) is 12.6 Å². The van der Waals surface area contributed by atoms with E-state index in [-0.39, 0.29) is 13.0 Å². The van der Waals surface area contributed by atoms with Gasteiger partial charge >= 0.3 is 0 Å². The number of hydrogen-bond donors (Lipinski definition) is 0. The van der Waals surface area contributed by atoms with Gasteiger partial charge < -0.3 is 0 Å². The molecule has 2 nitrogen and oxygen atoms in total. The fourth-order valence-electron chi connectivity index (χ4n) is 1.39. The second-order valence-electron chi connectivity index (χ2n) is 2.96. The zero-order valence-corrected chi connectivity index (χ0v) is 8.14. The number of rotatable bonds is 0. The Balaban J connectivity index is 0.000000396. The molecule has 13 heavy (non-hydrogen) atoms. The van der Waals surface area contributed by atoms with Gasteiger partial charge in [0.2, 0.25) is 0 Å². The Hall–Kier alpha value is -0.930. The lowest BCUT2D eigenvalue weighted by Gasteiger charge is -2.04. The normalized spacial score (nSPS) is 17.6. The average Bonchev–Trinajstić information content (AvgIpc) is 2.54. The van der Waals surface area contributed by atoms with Crippen molar-refractivity contribution in [3.63, 3.8) is 0 Å². The van der Waals surface area contributed by atoms with Gasteiger partial charge in [-0.2, -0.15) is 5.10 Å². The number of aryl methyl sites for hydroxylation is 1. The maximum Gasteiger partial charge on any atom is 0.272 e. The van der Waals surface area contributed by atoms with E-state index in [4.69, 9.17) is 0 Å². The third-order valence-electron chi connectivity index (χ3n) is 1.96. The number of aromatic nitrogens is 2. The van der Waals surface area contributed by atoms with Crippen LogP contribution >= 0.6 is 0 Å². The Morgan fingerprint density at radius 2 is 2.08 bits per heavy atom. The lowest BCUT2D eigenvalue weighted by molar-refractivity contribution is 0.000913. The van der Waals surface area contributed by atoms with Crippen molar-refractivity contribution in [3.05, 3.63) is 17.5 Å². The zero-order chi connectivity index (χ0) is 10.1. The van der Waals surface area contributed by atoms with E-state index >= 15 is 0 Å². The van der Waals surface area contributed by atoms with Gasteiger partial charge in [-0.15, -0.1) is 0 Å². The van der Waals surface area contributed by atoms with E-state index < -0.39 is 5.92 Å². The first-order valence-corrected chi connectivity index (χ1v) is 4.48. The van der Waals surface area contributed by atoms with Gasteiger partial charge in [0, 0.05) is 5.69 Å². The highest BCUT2D eigenvalue weighted by Gasteiger charge is 2.38. The average molecular weight is 188 g/mol. The van der Waals surface area contributed by atoms with Crippen LogP contribution < -0.4 is 0 Å². The van der Waals surface area contributed by atoms with Crippen LogP contribution in [0.4, 0.5) is 8.78 Å². The molecule has 0 saturated heterocycles. The summed E-state index contributed by atoms with van der Waals surface area (Å²) in [6.45, 7) is 5.55. The molecule has 0 aliphatic carbocycles. The molecule has 0 aromatic carbocycles. The molecule has 74 valence electrons. The van der Waals surface area contributed by atoms with Gasteiger partial charge in [-0.05, 0) is 12.5 Å². The van der Waals surface area contributed by atoms with Gasteiger partial charge in [0.1, 0.15) is 6.54 Å². The largest absolute Gasteiger partial charge is 0.272 e. The van der Waals surface area contributed by atoms with Crippen LogP contribution in [0.1, 0.15) is 25.1 Å². The van der Waals surface area contributed by atoms with Gasteiger partial charge in [0.15, 0.2) is 0 Å². The molecule has 0 atom stereocenters. The van der Waals surface area contributed by atoms with Crippen molar-refractivity contribution in [2.24, 2.45) is 0 Å². The van der Waals surface area contributed by atoms with Crippen molar-refractivity contribution in [1.29, 1.82) is 0 Å². The number of alkyl halides is 2. The third-order valence-corrected chi connectivity index (χ3v) is 1.96. The molecule has 0 unspecified atom stereocenters. The molecule has 0 saturated carbocycles.